The number of hydrogen-bond acceptors (Lipinski definition) is 9. The maximum absolute atomic E-state index is 12.7. The van der Waals surface area contributed by atoms with E-state index in [4.69, 9.17) is 18.6 Å². The summed E-state index contributed by atoms with van der Waals surface area (Å²) in [6, 6.07) is 12.6. The van der Waals surface area contributed by atoms with Gasteiger partial charge in [-0.25, -0.2) is 13.2 Å². The zero-order valence-corrected chi connectivity index (χ0v) is 20.6. The predicted molar refractivity (Wildman–Crippen MR) is 127 cm³/mol. The van der Waals surface area contributed by atoms with Gasteiger partial charge in [0, 0.05) is 18.1 Å². The molecule has 2 heterocycles. The molecule has 0 aliphatic carbocycles. The summed E-state index contributed by atoms with van der Waals surface area (Å²) < 4.78 is 47.9. The van der Waals surface area contributed by atoms with Crippen molar-refractivity contribution in [1.29, 1.82) is 0 Å². The van der Waals surface area contributed by atoms with Gasteiger partial charge in [0.15, 0.2) is 9.84 Å². The SMILES string of the molecule is CO[C@@H]1[C@@H](O)[C@@H](O)[C@H](Oc2ccc3cc(CS(=O)(=O)c4ccccc4)c(=O)oc3c2C)OC1(C)C. The van der Waals surface area contributed by atoms with Crippen molar-refractivity contribution >= 4 is 20.8 Å². The van der Waals surface area contributed by atoms with E-state index in [1.54, 1.807) is 51.1 Å². The fourth-order valence-corrected chi connectivity index (χ4v) is 5.67. The molecule has 0 spiro atoms. The molecule has 0 amide bonds. The van der Waals surface area contributed by atoms with Crippen LogP contribution in [-0.2, 0) is 25.1 Å². The summed E-state index contributed by atoms with van der Waals surface area (Å²) in [6.45, 7) is 5.09. The summed E-state index contributed by atoms with van der Waals surface area (Å²) in [5.74, 6) is -0.226. The number of ether oxygens (including phenoxy) is 3. The predicted octanol–water partition coefficient (Wildman–Crippen LogP) is 2.33. The molecule has 0 radical (unpaired) electrons. The molecule has 2 aromatic carbocycles. The first-order valence-electron chi connectivity index (χ1n) is 11.0. The number of sulfone groups is 1. The first kappa shape index (κ1) is 25.3. The van der Waals surface area contributed by atoms with Crippen molar-refractivity contribution in [1.82, 2.24) is 0 Å². The first-order valence-corrected chi connectivity index (χ1v) is 12.7. The molecule has 0 unspecified atom stereocenters. The topological polar surface area (TPSA) is 132 Å². The maximum Gasteiger partial charge on any atom is 0.340 e. The molecular formula is C25H28O9S. The third-order valence-corrected chi connectivity index (χ3v) is 7.84. The molecule has 4 atom stereocenters. The van der Waals surface area contributed by atoms with Crippen LogP contribution in [0.4, 0.5) is 0 Å². The fourth-order valence-electron chi connectivity index (χ4n) is 4.32. The largest absolute Gasteiger partial charge is 0.462 e. The minimum Gasteiger partial charge on any atom is -0.462 e. The second-order valence-corrected chi connectivity index (χ2v) is 11.1. The Hall–Kier alpha value is -2.76. The Kier molecular flexibility index (Phi) is 6.78. The Balaban J connectivity index is 1.63. The van der Waals surface area contributed by atoms with Crippen LogP contribution in [0.1, 0.15) is 25.0 Å². The molecule has 1 aliphatic heterocycles. The molecule has 3 aromatic rings. The third kappa shape index (κ3) is 4.85. The molecule has 1 saturated heterocycles. The Labute approximate surface area is 202 Å². The van der Waals surface area contributed by atoms with E-state index in [1.165, 1.54) is 25.3 Å². The summed E-state index contributed by atoms with van der Waals surface area (Å²) in [6.07, 6.45) is -4.61. The minimum absolute atomic E-state index is 0.0101. The third-order valence-electron chi connectivity index (χ3n) is 6.16. The van der Waals surface area contributed by atoms with Gasteiger partial charge in [0.25, 0.3) is 0 Å². The summed E-state index contributed by atoms with van der Waals surface area (Å²) in [4.78, 5) is 12.8. The molecule has 10 heteroatoms. The lowest BCUT2D eigenvalue weighted by atomic mass is 9.89. The molecule has 9 nitrogen and oxygen atoms in total. The van der Waals surface area contributed by atoms with E-state index < -0.39 is 51.4 Å². The second-order valence-electron chi connectivity index (χ2n) is 9.08. The van der Waals surface area contributed by atoms with Crippen LogP contribution in [0.2, 0.25) is 0 Å². The van der Waals surface area contributed by atoms with Gasteiger partial charge < -0.3 is 28.8 Å². The van der Waals surface area contributed by atoms with Gasteiger partial charge in [0.2, 0.25) is 6.29 Å². The Morgan fingerprint density at radius 3 is 2.40 bits per heavy atom. The average Bonchev–Trinajstić information content (AvgIpc) is 2.80. The lowest BCUT2D eigenvalue weighted by molar-refractivity contribution is -0.306. The van der Waals surface area contributed by atoms with Crippen LogP contribution in [0.3, 0.4) is 0 Å². The van der Waals surface area contributed by atoms with E-state index in [0.717, 1.165) is 0 Å². The molecule has 0 saturated carbocycles. The van der Waals surface area contributed by atoms with Crippen molar-refractivity contribution in [3.05, 3.63) is 70.1 Å². The summed E-state index contributed by atoms with van der Waals surface area (Å²) in [5.41, 5.74) is -1.04. The number of rotatable bonds is 6. The van der Waals surface area contributed by atoms with Crippen molar-refractivity contribution < 1.29 is 37.3 Å². The quantitative estimate of drug-likeness (QED) is 0.485. The highest BCUT2D eigenvalue weighted by Crippen LogP contribution is 2.35. The molecule has 4 rings (SSSR count). The highest BCUT2D eigenvalue weighted by atomic mass is 32.2. The van der Waals surface area contributed by atoms with E-state index in [2.05, 4.69) is 0 Å². The molecule has 2 N–H and O–H groups in total. The highest BCUT2D eigenvalue weighted by molar-refractivity contribution is 7.90. The van der Waals surface area contributed by atoms with Gasteiger partial charge in [-0.3, -0.25) is 0 Å². The monoisotopic (exact) mass is 504 g/mol. The zero-order valence-electron chi connectivity index (χ0n) is 19.8. The molecule has 1 aromatic heterocycles. The van der Waals surface area contributed by atoms with Crippen LogP contribution in [0, 0.1) is 6.92 Å². The number of aryl methyl sites for hydroxylation is 1. The molecular weight excluding hydrogens is 476 g/mol. The van der Waals surface area contributed by atoms with Crippen LogP contribution in [0.25, 0.3) is 11.0 Å². The lowest BCUT2D eigenvalue weighted by Gasteiger charge is -2.46. The van der Waals surface area contributed by atoms with Crippen molar-refractivity contribution in [3.8, 4) is 5.75 Å². The van der Waals surface area contributed by atoms with E-state index in [0.29, 0.717) is 10.9 Å². The zero-order chi connectivity index (χ0) is 25.5. The minimum atomic E-state index is -3.73. The number of benzene rings is 2. The Morgan fingerprint density at radius 2 is 1.74 bits per heavy atom. The first-order chi connectivity index (χ1) is 16.4. The van der Waals surface area contributed by atoms with Crippen LogP contribution in [0.15, 0.2) is 62.6 Å². The summed E-state index contributed by atoms with van der Waals surface area (Å²) >= 11 is 0. The molecule has 1 aliphatic rings. The van der Waals surface area contributed by atoms with E-state index in [1.807, 2.05) is 0 Å². The lowest BCUT2D eigenvalue weighted by Crippen LogP contribution is -2.63. The highest BCUT2D eigenvalue weighted by Gasteiger charge is 2.50. The Bertz CT molecular complexity index is 1380. The van der Waals surface area contributed by atoms with E-state index in [9.17, 15) is 23.4 Å². The van der Waals surface area contributed by atoms with Gasteiger partial charge in [0.1, 0.15) is 29.6 Å². The molecule has 35 heavy (non-hydrogen) atoms. The van der Waals surface area contributed by atoms with E-state index in [-0.39, 0.29) is 21.8 Å². The number of fused-ring (bicyclic) bond motifs is 1. The van der Waals surface area contributed by atoms with Gasteiger partial charge in [-0.15, -0.1) is 0 Å². The van der Waals surface area contributed by atoms with Gasteiger partial charge in [0.05, 0.1) is 21.8 Å². The molecule has 0 bridgehead atoms. The summed E-state index contributed by atoms with van der Waals surface area (Å²) in [5, 5.41) is 21.5. The van der Waals surface area contributed by atoms with Gasteiger partial charge >= 0.3 is 5.63 Å². The van der Waals surface area contributed by atoms with Crippen LogP contribution >= 0.6 is 0 Å². The fraction of sp³-hybridized carbons (Fsp3) is 0.400. The number of methoxy groups -OCH3 is 1. The van der Waals surface area contributed by atoms with Gasteiger partial charge in [-0.2, -0.15) is 0 Å². The molecule has 1 fully saturated rings. The van der Waals surface area contributed by atoms with Crippen molar-refractivity contribution in [2.75, 3.05) is 7.11 Å². The van der Waals surface area contributed by atoms with Gasteiger partial charge in [-0.05, 0) is 51.1 Å². The second kappa shape index (κ2) is 9.36. The van der Waals surface area contributed by atoms with Crippen molar-refractivity contribution in [2.24, 2.45) is 0 Å². The molecule has 188 valence electrons. The Morgan fingerprint density at radius 1 is 1.06 bits per heavy atom. The average molecular weight is 505 g/mol. The normalized spacial score (nSPS) is 24.4. The number of aliphatic hydroxyl groups excluding tert-OH is 2. The van der Waals surface area contributed by atoms with Crippen LogP contribution in [-0.4, -0.2) is 55.9 Å². The summed E-state index contributed by atoms with van der Waals surface area (Å²) in [7, 11) is -2.32. The standard InChI is InChI=1S/C25H28O9S/c1-14-18(32-24-20(27)19(26)22(31-4)25(2,3)34-24)11-10-15-12-16(23(28)33-21(14)15)13-35(29,30)17-8-6-5-7-9-17/h5-12,19-20,22,24,26-27H,13H2,1-4H3/t19-,20+,22+,24+/m0/s1. The maximum atomic E-state index is 12.7. The van der Waals surface area contributed by atoms with Gasteiger partial charge in [-0.1, -0.05) is 18.2 Å². The van der Waals surface area contributed by atoms with Crippen molar-refractivity contribution in [3.63, 3.8) is 0 Å². The van der Waals surface area contributed by atoms with Crippen LogP contribution < -0.4 is 10.4 Å². The van der Waals surface area contributed by atoms with Crippen molar-refractivity contribution in [2.45, 2.75) is 61.6 Å². The van der Waals surface area contributed by atoms with E-state index >= 15 is 0 Å². The number of hydrogen-bond donors (Lipinski definition) is 2. The van der Waals surface area contributed by atoms with Crippen LogP contribution in [0.5, 0.6) is 5.75 Å². The number of aliphatic hydroxyl groups is 2. The smallest absolute Gasteiger partial charge is 0.340 e.